The maximum absolute atomic E-state index is 12.3. The van der Waals surface area contributed by atoms with Gasteiger partial charge in [-0.05, 0) is 30.7 Å². The summed E-state index contributed by atoms with van der Waals surface area (Å²) in [4.78, 5) is 22.7. The van der Waals surface area contributed by atoms with Gasteiger partial charge in [0.1, 0.15) is 12.2 Å². The van der Waals surface area contributed by atoms with Crippen molar-refractivity contribution in [1.82, 2.24) is 0 Å². The lowest BCUT2D eigenvalue weighted by molar-refractivity contribution is -0.385. The van der Waals surface area contributed by atoms with Crippen molar-refractivity contribution in [3.63, 3.8) is 0 Å². The Labute approximate surface area is 147 Å². The Balaban J connectivity index is 2.15. The molecule has 9 heteroatoms. The SMILES string of the molecule is COc1cc(COC(=O)c2cccc(C)c2[N+](=O)[O-])ccc1OC(F)F. The molecule has 0 amide bonds. The molecule has 0 aromatic heterocycles. The molecule has 0 saturated carbocycles. The van der Waals surface area contributed by atoms with Crippen LogP contribution in [0.15, 0.2) is 36.4 Å². The molecule has 0 N–H and O–H groups in total. The first kappa shape index (κ1) is 19.1. The van der Waals surface area contributed by atoms with E-state index in [0.717, 1.165) is 0 Å². The van der Waals surface area contributed by atoms with Crippen LogP contribution < -0.4 is 9.47 Å². The molecular formula is C17H15F2NO6. The first-order chi connectivity index (χ1) is 12.3. The van der Waals surface area contributed by atoms with E-state index in [0.29, 0.717) is 11.1 Å². The van der Waals surface area contributed by atoms with Gasteiger partial charge in [0.15, 0.2) is 11.5 Å². The third-order valence-electron chi connectivity index (χ3n) is 3.45. The number of alkyl halides is 2. The van der Waals surface area contributed by atoms with E-state index in [-0.39, 0.29) is 29.4 Å². The smallest absolute Gasteiger partial charge is 0.387 e. The molecule has 0 aliphatic heterocycles. The quantitative estimate of drug-likeness (QED) is 0.419. The van der Waals surface area contributed by atoms with E-state index >= 15 is 0 Å². The predicted molar refractivity (Wildman–Crippen MR) is 86.6 cm³/mol. The summed E-state index contributed by atoms with van der Waals surface area (Å²) in [7, 11) is 1.28. The van der Waals surface area contributed by atoms with Gasteiger partial charge >= 0.3 is 12.6 Å². The molecule has 0 radical (unpaired) electrons. The third-order valence-corrected chi connectivity index (χ3v) is 3.45. The molecule has 0 heterocycles. The summed E-state index contributed by atoms with van der Waals surface area (Å²) in [5, 5.41) is 11.1. The first-order valence-electron chi connectivity index (χ1n) is 7.36. The van der Waals surface area contributed by atoms with Crippen molar-refractivity contribution in [2.75, 3.05) is 7.11 Å². The van der Waals surface area contributed by atoms with Crippen molar-refractivity contribution < 1.29 is 32.7 Å². The van der Waals surface area contributed by atoms with Crippen LogP contribution in [0.5, 0.6) is 11.5 Å². The number of nitro benzene ring substituents is 1. The molecule has 2 aromatic carbocycles. The van der Waals surface area contributed by atoms with Crippen molar-refractivity contribution in [1.29, 1.82) is 0 Å². The van der Waals surface area contributed by atoms with Gasteiger partial charge in [-0.1, -0.05) is 18.2 Å². The predicted octanol–water partition coefficient (Wildman–Crippen LogP) is 3.87. The number of hydrogen-bond donors (Lipinski definition) is 0. The van der Waals surface area contributed by atoms with Gasteiger partial charge in [-0.3, -0.25) is 10.1 Å². The average Bonchev–Trinajstić information content (AvgIpc) is 2.59. The second-order valence-electron chi connectivity index (χ2n) is 5.17. The lowest BCUT2D eigenvalue weighted by atomic mass is 10.1. The van der Waals surface area contributed by atoms with Gasteiger partial charge < -0.3 is 14.2 Å². The van der Waals surface area contributed by atoms with Crippen molar-refractivity contribution >= 4 is 11.7 Å². The Morgan fingerprint density at radius 1 is 1.23 bits per heavy atom. The lowest BCUT2D eigenvalue weighted by Gasteiger charge is -2.12. The zero-order valence-corrected chi connectivity index (χ0v) is 13.9. The maximum atomic E-state index is 12.3. The summed E-state index contributed by atoms with van der Waals surface area (Å²) >= 11 is 0. The molecule has 26 heavy (non-hydrogen) atoms. The summed E-state index contributed by atoms with van der Waals surface area (Å²) in [5.74, 6) is -0.987. The van der Waals surface area contributed by atoms with E-state index in [1.54, 1.807) is 0 Å². The molecule has 2 rings (SSSR count). The number of para-hydroxylation sites is 1. The van der Waals surface area contributed by atoms with Gasteiger partial charge in [-0.15, -0.1) is 0 Å². The van der Waals surface area contributed by atoms with Crippen LogP contribution in [-0.4, -0.2) is 24.6 Å². The van der Waals surface area contributed by atoms with Gasteiger partial charge in [0.25, 0.3) is 5.69 Å². The van der Waals surface area contributed by atoms with E-state index < -0.39 is 17.5 Å². The summed E-state index contributed by atoms with van der Waals surface area (Å²) < 4.78 is 39.0. The number of hydrogen-bond acceptors (Lipinski definition) is 6. The topological polar surface area (TPSA) is 87.9 Å². The summed E-state index contributed by atoms with van der Waals surface area (Å²) in [6, 6.07) is 8.37. The number of rotatable bonds is 7. The summed E-state index contributed by atoms with van der Waals surface area (Å²) in [6.45, 7) is -1.72. The highest BCUT2D eigenvalue weighted by molar-refractivity contribution is 5.94. The Morgan fingerprint density at radius 3 is 2.58 bits per heavy atom. The van der Waals surface area contributed by atoms with Crippen LogP contribution in [0.25, 0.3) is 0 Å². The number of nitro groups is 1. The van der Waals surface area contributed by atoms with Crippen LogP contribution in [-0.2, 0) is 11.3 Å². The van der Waals surface area contributed by atoms with Crippen molar-refractivity contribution in [3.8, 4) is 11.5 Å². The molecule has 2 aromatic rings. The Bertz CT molecular complexity index is 825. The average molecular weight is 367 g/mol. The van der Waals surface area contributed by atoms with Gasteiger partial charge in [0.2, 0.25) is 0 Å². The number of ether oxygens (including phenoxy) is 3. The van der Waals surface area contributed by atoms with Gasteiger partial charge in [-0.25, -0.2) is 4.79 Å². The number of nitrogens with zero attached hydrogens (tertiary/aromatic N) is 1. The maximum Gasteiger partial charge on any atom is 0.387 e. The van der Waals surface area contributed by atoms with E-state index in [4.69, 9.17) is 9.47 Å². The summed E-state index contributed by atoms with van der Waals surface area (Å²) in [6.07, 6.45) is 0. The number of halogens is 2. The number of carbonyl (C=O) groups excluding carboxylic acids is 1. The Morgan fingerprint density at radius 2 is 1.96 bits per heavy atom. The van der Waals surface area contributed by atoms with Crippen LogP contribution in [0.3, 0.4) is 0 Å². The number of benzene rings is 2. The fourth-order valence-corrected chi connectivity index (χ4v) is 2.29. The first-order valence-corrected chi connectivity index (χ1v) is 7.36. The zero-order chi connectivity index (χ0) is 19.3. The fraction of sp³-hybridized carbons (Fsp3) is 0.235. The molecule has 0 bridgehead atoms. The lowest BCUT2D eigenvalue weighted by Crippen LogP contribution is -2.09. The van der Waals surface area contributed by atoms with Gasteiger partial charge in [0, 0.05) is 5.56 Å². The Hall–Kier alpha value is -3.23. The second-order valence-corrected chi connectivity index (χ2v) is 5.17. The highest BCUT2D eigenvalue weighted by atomic mass is 19.3. The minimum Gasteiger partial charge on any atom is -0.493 e. The number of aryl methyl sites for hydroxylation is 1. The molecule has 0 saturated heterocycles. The molecule has 0 spiro atoms. The van der Waals surface area contributed by atoms with Crippen molar-refractivity contribution in [3.05, 3.63) is 63.2 Å². The van der Waals surface area contributed by atoms with Crippen LogP contribution in [0, 0.1) is 17.0 Å². The van der Waals surface area contributed by atoms with Gasteiger partial charge in [0.05, 0.1) is 12.0 Å². The molecular weight excluding hydrogens is 352 g/mol. The van der Waals surface area contributed by atoms with E-state index in [1.165, 1.54) is 50.4 Å². The summed E-state index contributed by atoms with van der Waals surface area (Å²) in [5.41, 5.74) is 0.280. The normalized spacial score (nSPS) is 10.5. The van der Waals surface area contributed by atoms with Gasteiger partial charge in [-0.2, -0.15) is 8.78 Å². The van der Waals surface area contributed by atoms with Crippen LogP contribution >= 0.6 is 0 Å². The number of carbonyl (C=O) groups is 1. The molecule has 0 atom stereocenters. The largest absolute Gasteiger partial charge is 0.493 e. The molecule has 0 aliphatic carbocycles. The van der Waals surface area contributed by atoms with Crippen molar-refractivity contribution in [2.45, 2.75) is 20.1 Å². The molecule has 0 fully saturated rings. The second kappa shape index (κ2) is 8.24. The minimum atomic E-state index is -3.01. The van der Waals surface area contributed by atoms with E-state index in [1.807, 2.05) is 0 Å². The molecule has 0 aliphatic rings. The van der Waals surface area contributed by atoms with E-state index in [9.17, 15) is 23.7 Å². The molecule has 7 nitrogen and oxygen atoms in total. The Kier molecular flexibility index (Phi) is 6.05. The minimum absolute atomic E-state index is 0.0420. The molecule has 138 valence electrons. The molecule has 0 unspecified atom stereocenters. The standard InChI is InChI=1S/C17H15F2NO6/c1-10-4-3-5-12(15(10)20(22)23)16(21)25-9-11-6-7-13(26-17(18)19)14(8-11)24-2/h3-8,17H,9H2,1-2H3. The number of esters is 1. The van der Waals surface area contributed by atoms with Crippen LogP contribution in [0.4, 0.5) is 14.5 Å². The monoisotopic (exact) mass is 367 g/mol. The fourth-order valence-electron chi connectivity index (χ4n) is 2.29. The van der Waals surface area contributed by atoms with Crippen LogP contribution in [0.1, 0.15) is 21.5 Å². The highest BCUT2D eigenvalue weighted by Crippen LogP contribution is 2.30. The third kappa shape index (κ3) is 4.44. The zero-order valence-electron chi connectivity index (χ0n) is 13.9. The number of methoxy groups -OCH3 is 1. The van der Waals surface area contributed by atoms with E-state index in [2.05, 4.69) is 4.74 Å². The van der Waals surface area contributed by atoms with Crippen LogP contribution in [0.2, 0.25) is 0 Å². The van der Waals surface area contributed by atoms with Crippen molar-refractivity contribution in [2.24, 2.45) is 0 Å². The highest BCUT2D eigenvalue weighted by Gasteiger charge is 2.23.